The molecule has 0 aliphatic rings. The molecule has 0 aliphatic heterocycles. The van der Waals surface area contributed by atoms with E-state index in [9.17, 15) is 0 Å². The highest BCUT2D eigenvalue weighted by Gasteiger charge is 2.23. The van der Waals surface area contributed by atoms with Crippen molar-refractivity contribution in [1.29, 1.82) is 0 Å². The van der Waals surface area contributed by atoms with Gasteiger partial charge in [0.15, 0.2) is 5.82 Å². The normalized spacial score (nSPS) is 12.0. The Bertz CT molecular complexity index is 2770. The molecule has 10 rings (SSSR count). The Balaban J connectivity index is 1.34. The molecule has 0 saturated heterocycles. The van der Waals surface area contributed by atoms with E-state index in [2.05, 4.69) is 114 Å². The van der Waals surface area contributed by atoms with Crippen LogP contribution in [0.1, 0.15) is 0 Å². The second kappa shape index (κ2) is 9.36. The van der Waals surface area contributed by atoms with Gasteiger partial charge in [-0.1, -0.05) is 103 Å². The molecule has 4 nitrogen and oxygen atoms in total. The van der Waals surface area contributed by atoms with Crippen molar-refractivity contribution in [3.63, 3.8) is 0 Å². The topological polar surface area (TPSA) is 43.9 Å². The molecular formula is C40H23N3OS. The van der Waals surface area contributed by atoms with E-state index >= 15 is 0 Å². The number of fused-ring (bicyclic) bond motifs is 10. The molecule has 0 fully saturated rings. The number of hydrogen-bond acceptors (Lipinski definition) is 4. The standard InChI is InChI=1S/C40H23N3OS/c1-2-12-24(13-3-1)40-41-37(39-38(42-40)28-17-7-11-21-34(28)45-39)26-15-5-9-19-30(26)43-29-18-8-4-14-25(29)35-31(43)22-23-33-36(35)27-16-6-10-20-32(27)44-33/h1-23H. The Kier molecular flexibility index (Phi) is 5.12. The average molecular weight is 594 g/mol. The molecule has 10 aromatic rings. The van der Waals surface area contributed by atoms with E-state index in [0.29, 0.717) is 0 Å². The first kappa shape index (κ1) is 24.6. The molecule has 4 heterocycles. The zero-order chi connectivity index (χ0) is 29.5. The SMILES string of the molecule is c1ccc(-c2nc(-c3ccccc3-n3c4ccccc4c4c5c(ccc43)oc3ccccc35)c3sc4ccccc4c3n2)cc1. The quantitative estimate of drug-likeness (QED) is 0.205. The van der Waals surface area contributed by atoms with Crippen LogP contribution in [-0.4, -0.2) is 14.5 Å². The minimum absolute atomic E-state index is 0.727. The molecule has 0 spiro atoms. The van der Waals surface area contributed by atoms with Gasteiger partial charge in [-0.05, 0) is 36.4 Å². The van der Waals surface area contributed by atoms with E-state index in [0.717, 1.165) is 76.9 Å². The van der Waals surface area contributed by atoms with Crippen LogP contribution in [0.3, 0.4) is 0 Å². The van der Waals surface area contributed by atoms with Gasteiger partial charge in [0.2, 0.25) is 0 Å². The summed E-state index contributed by atoms with van der Waals surface area (Å²) in [5.74, 6) is 0.727. The van der Waals surface area contributed by atoms with Crippen molar-refractivity contribution in [2.24, 2.45) is 0 Å². The van der Waals surface area contributed by atoms with Gasteiger partial charge in [-0.3, -0.25) is 0 Å². The van der Waals surface area contributed by atoms with Crippen molar-refractivity contribution in [3.05, 3.63) is 140 Å². The number of thiophene rings is 1. The van der Waals surface area contributed by atoms with E-state index in [-0.39, 0.29) is 0 Å². The average Bonchev–Trinajstić information content (AvgIpc) is 3.77. The first-order valence-corrected chi connectivity index (χ1v) is 15.8. The van der Waals surface area contributed by atoms with Gasteiger partial charge in [0.25, 0.3) is 0 Å². The molecule has 210 valence electrons. The summed E-state index contributed by atoms with van der Waals surface area (Å²) < 4.78 is 11.0. The molecule has 4 aromatic heterocycles. The minimum atomic E-state index is 0.727. The van der Waals surface area contributed by atoms with Crippen LogP contribution in [-0.2, 0) is 0 Å². The third-order valence-electron chi connectivity index (χ3n) is 8.83. The van der Waals surface area contributed by atoms with E-state index in [1.54, 1.807) is 11.3 Å². The maximum Gasteiger partial charge on any atom is 0.160 e. The van der Waals surface area contributed by atoms with Crippen LogP contribution in [0, 0.1) is 0 Å². The molecule has 5 heteroatoms. The van der Waals surface area contributed by atoms with E-state index in [1.165, 1.54) is 15.5 Å². The van der Waals surface area contributed by atoms with Crippen molar-refractivity contribution < 1.29 is 4.42 Å². The summed E-state index contributed by atoms with van der Waals surface area (Å²) in [5, 5.41) is 5.82. The van der Waals surface area contributed by atoms with E-state index < -0.39 is 0 Å². The smallest absolute Gasteiger partial charge is 0.160 e. The predicted octanol–water partition coefficient (Wildman–Crippen LogP) is 11.2. The highest BCUT2D eigenvalue weighted by Crippen LogP contribution is 2.44. The van der Waals surface area contributed by atoms with Gasteiger partial charge in [0.1, 0.15) is 11.2 Å². The third kappa shape index (κ3) is 3.53. The number of rotatable bonds is 3. The summed E-state index contributed by atoms with van der Waals surface area (Å²) in [6.45, 7) is 0. The predicted molar refractivity (Wildman–Crippen MR) is 187 cm³/mol. The third-order valence-corrected chi connectivity index (χ3v) is 10.00. The van der Waals surface area contributed by atoms with Crippen molar-refractivity contribution in [2.75, 3.05) is 0 Å². The molecular weight excluding hydrogens is 571 g/mol. The molecule has 0 atom stereocenters. The number of hydrogen-bond donors (Lipinski definition) is 0. The largest absolute Gasteiger partial charge is 0.456 e. The molecule has 45 heavy (non-hydrogen) atoms. The molecule has 0 aliphatic carbocycles. The maximum atomic E-state index is 6.32. The van der Waals surface area contributed by atoms with Crippen LogP contribution in [0.2, 0.25) is 0 Å². The first-order valence-electron chi connectivity index (χ1n) is 15.0. The Labute approximate surface area is 261 Å². The van der Waals surface area contributed by atoms with Gasteiger partial charge in [-0.2, -0.15) is 0 Å². The zero-order valence-corrected chi connectivity index (χ0v) is 24.8. The lowest BCUT2D eigenvalue weighted by molar-refractivity contribution is 0.669. The van der Waals surface area contributed by atoms with Crippen molar-refractivity contribution in [2.45, 2.75) is 0 Å². The van der Waals surface area contributed by atoms with Gasteiger partial charge < -0.3 is 8.98 Å². The van der Waals surface area contributed by atoms with Crippen molar-refractivity contribution in [3.8, 4) is 28.3 Å². The van der Waals surface area contributed by atoms with Crippen LogP contribution in [0.4, 0.5) is 0 Å². The number of nitrogens with zero attached hydrogens (tertiary/aromatic N) is 3. The fourth-order valence-corrected chi connectivity index (χ4v) is 8.04. The van der Waals surface area contributed by atoms with Gasteiger partial charge in [0.05, 0.1) is 32.6 Å². The number of benzene rings is 6. The summed E-state index contributed by atoms with van der Waals surface area (Å²) in [5.41, 5.74) is 9.14. The molecule has 0 N–H and O–H groups in total. The highest BCUT2D eigenvalue weighted by atomic mass is 32.1. The summed E-state index contributed by atoms with van der Waals surface area (Å²) in [6.07, 6.45) is 0. The Morgan fingerprint density at radius 1 is 0.533 bits per heavy atom. The Hall–Kier alpha value is -5.78. The highest BCUT2D eigenvalue weighted by molar-refractivity contribution is 7.26. The molecule has 0 radical (unpaired) electrons. The summed E-state index contributed by atoms with van der Waals surface area (Å²) in [4.78, 5) is 10.5. The lowest BCUT2D eigenvalue weighted by Crippen LogP contribution is -2.00. The lowest BCUT2D eigenvalue weighted by atomic mass is 10.1. The van der Waals surface area contributed by atoms with Crippen molar-refractivity contribution in [1.82, 2.24) is 14.5 Å². The van der Waals surface area contributed by atoms with Gasteiger partial charge in [0, 0.05) is 42.8 Å². The zero-order valence-electron chi connectivity index (χ0n) is 23.9. The fraction of sp³-hybridized carbons (Fsp3) is 0. The van der Waals surface area contributed by atoms with Crippen LogP contribution in [0.25, 0.3) is 92.4 Å². The van der Waals surface area contributed by atoms with E-state index in [4.69, 9.17) is 14.4 Å². The van der Waals surface area contributed by atoms with Crippen molar-refractivity contribution >= 4 is 75.4 Å². The molecule has 0 unspecified atom stereocenters. The second-order valence-electron chi connectivity index (χ2n) is 11.3. The van der Waals surface area contributed by atoms with Gasteiger partial charge in [-0.15, -0.1) is 11.3 Å². The summed E-state index contributed by atoms with van der Waals surface area (Å²) in [6, 6.07) is 48.7. The Morgan fingerprint density at radius 2 is 1.27 bits per heavy atom. The van der Waals surface area contributed by atoms with Crippen LogP contribution in [0.15, 0.2) is 144 Å². The molecule has 0 saturated carbocycles. The van der Waals surface area contributed by atoms with Crippen LogP contribution >= 0.6 is 11.3 Å². The van der Waals surface area contributed by atoms with Crippen LogP contribution in [0.5, 0.6) is 0 Å². The fourth-order valence-electron chi connectivity index (χ4n) is 6.89. The minimum Gasteiger partial charge on any atom is -0.456 e. The summed E-state index contributed by atoms with van der Waals surface area (Å²) >= 11 is 1.76. The van der Waals surface area contributed by atoms with E-state index in [1.807, 2.05) is 30.3 Å². The molecule has 6 aromatic carbocycles. The monoisotopic (exact) mass is 593 g/mol. The first-order chi connectivity index (χ1) is 22.3. The lowest BCUT2D eigenvalue weighted by Gasteiger charge is -2.15. The molecule has 0 amide bonds. The van der Waals surface area contributed by atoms with Crippen LogP contribution < -0.4 is 0 Å². The Morgan fingerprint density at radius 3 is 2.18 bits per heavy atom. The maximum absolute atomic E-state index is 6.32. The number of para-hydroxylation sites is 3. The second-order valence-corrected chi connectivity index (χ2v) is 12.4. The number of aromatic nitrogens is 3. The van der Waals surface area contributed by atoms with Gasteiger partial charge in [-0.25, -0.2) is 9.97 Å². The number of furan rings is 1. The molecule has 0 bridgehead atoms. The summed E-state index contributed by atoms with van der Waals surface area (Å²) in [7, 11) is 0. The van der Waals surface area contributed by atoms with Gasteiger partial charge >= 0.3 is 0 Å².